The van der Waals surface area contributed by atoms with Crippen LogP contribution in [0.15, 0.2) is 200 Å². The predicted octanol–water partition coefficient (Wildman–Crippen LogP) is 14.7. The van der Waals surface area contributed by atoms with Crippen molar-refractivity contribution < 1.29 is 0 Å². The average Bonchev–Trinajstić information content (AvgIpc) is 3.25. The molecule has 0 radical (unpaired) electrons. The van der Waals surface area contributed by atoms with Crippen LogP contribution in [-0.2, 0) is 0 Å². The number of hydrogen-bond donors (Lipinski definition) is 0. The summed E-state index contributed by atoms with van der Waals surface area (Å²) in [5.41, 5.74) is 12.4. The molecule has 0 heterocycles. The van der Waals surface area contributed by atoms with Gasteiger partial charge in [0.2, 0.25) is 0 Å². The summed E-state index contributed by atoms with van der Waals surface area (Å²) in [5.74, 6) is 0. The van der Waals surface area contributed by atoms with Gasteiger partial charge in [0, 0.05) is 33.5 Å². The SMILES string of the molecule is C1=CCCC(c2cccc(N(c3ccccc3)c3ccc4ccc5c(N(C6=CC(c7ccccc7)=CCC6)c6ccccc6)ccc6ccc3c4c65)c2)=C1. The minimum absolute atomic E-state index is 0.968. The largest absolute Gasteiger partial charge is 0.314 e. The lowest BCUT2D eigenvalue weighted by molar-refractivity contribution is 0.923. The van der Waals surface area contributed by atoms with E-state index >= 15 is 0 Å². The lowest BCUT2D eigenvalue weighted by atomic mass is 9.91. The summed E-state index contributed by atoms with van der Waals surface area (Å²) in [6, 6.07) is 60.1. The Hall–Kier alpha value is -6.64. The molecule has 0 atom stereocenters. The van der Waals surface area contributed by atoms with Crippen LogP contribution in [0, 0.1) is 0 Å². The van der Waals surface area contributed by atoms with Gasteiger partial charge in [-0.2, -0.15) is 0 Å². The first-order valence-corrected chi connectivity index (χ1v) is 19.1. The molecule has 2 heteroatoms. The van der Waals surface area contributed by atoms with Crippen molar-refractivity contribution in [1.29, 1.82) is 0 Å². The minimum atomic E-state index is 0.968. The predicted molar refractivity (Wildman–Crippen MR) is 231 cm³/mol. The summed E-state index contributed by atoms with van der Waals surface area (Å²) >= 11 is 0. The highest BCUT2D eigenvalue weighted by Crippen LogP contribution is 2.47. The highest BCUT2D eigenvalue weighted by molar-refractivity contribution is 6.28. The van der Waals surface area contributed by atoms with Gasteiger partial charge >= 0.3 is 0 Å². The van der Waals surface area contributed by atoms with Gasteiger partial charge in [0.25, 0.3) is 0 Å². The standard InChI is InChI=1S/C52H40N2/c1-5-15-37(16-6-1)41-19-13-25-45(35-41)53(43-21-9-3-10-22-43)49-33-29-39-28-32-48-50(34-30-40-27-31-47(49)51(39)52(40)48)54(44-23-11-4-12-24-44)46-26-14-20-42(36-46)38-17-7-2-8-18-38/h1-7,9-12,14-17,19-24,26-36H,8,13,18,25H2. The van der Waals surface area contributed by atoms with Gasteiger partial charge in [0.05, 0.1) is 11.4 Å². The molecule has 54 heavy (non-hydrogen) atoms. The number of anilines is 5. The molecule has 10 rings (SSSR count). The molecule has 0 amide bonds. The van der Waals surface area contributed by atoms with E-state index < -0.39 is 0 Å². The van der Waals surface area contributed by atoms with Crippen LogP contribution in [0.1, 0.15) is 36.8 Å². The Morgan fingerprint density at radius 3 is 1.67 bits per heavy atom. The highest BCUT2D eigenvalue weighted by Gasteiger charge is 2.23. The van der Waals surface area contributed by atoms with E-state index in [0.29, 0.717) is 0 Å². The van der Waals surface area contributed by atoms with Crippen LogP contribution in [0.2, 0.25) is 0 Å². The number of hydrogen-bond acceptors (Lipinski definition) is 2. The van der Waals surface area contributed by atoms with Crippen molar-refractivity contribution in [3.05, 3.63) is 211 Å². The summed E-state index contributed by atoms with van der Waals surface area (Å²) < 4.78 is 0. The third-order valence-electron chi connectivity index (χ3n) is 11.1. The molecule has 2 aliphatic carbocycles. The topological polar surface area (TPSA) is 6.48 Å². The Balaban J connectivity index is 1.18. The fraction of sp³-hybridized carbons (Fsp3) is 0.0769. The number of allylic oxidation sites excluding steroid dienone is 8. The van der Waals surface area contributed by atoms with Gasteiger partial charge in [-0.15, -0.1) is 0 Å². The molecule has 8 aromatic carbocycles. The molecular weight excluding hydrogens is 653 g/mol. The summed E-state index contributed by atoms with van der Waals surface area (Å²) in [6.07, 6.45) is 15.6. The van der Waals surface area contributed by atoms with E-state index in [-0.39, 0.29) is 0 Å². The normalized spacial score (nSPS) is 14.3. The second kappa shape index (κ2) is 13.7. The zero-order valence-corrected chi connectivity index (χ0v) is 30.2. The highest BCUT2D eigenvalue weighted by atomic mass is 15.2. The quantitative estimate of drug-likeness (QED) is 0.146. The first-order valence-electron chi connectivity index (χ1n) is 19.1. The molecule has 0 aliphatic heterocycles. The maximum atomic E-state index is 2.50. The summed E-state index contributed by atoms with van der Waals surface area (Å²) in [4.78, 5) is 4.94. The van der Waals surface area contributed by atoms with Crippen molar-refractivity contribution >= 4 is 71.9 Å². The Kier molecular flexibility index (Phi) is 8.15. The molecule has 0 fully saturated rings. The average molecular weight is 693 g/mol. The van der Waals surface area contributed by atoms with E-state index in [4.69, 9.17) is 0 Å². The van der Waals surface area contributed by atoms with Crippen molar-refractivity contribution in [1.82, 2.24) is 0 Å². The van der Waals surface area contributed by atoms with Crippen LogP contribution in [0.5, 0.6) is 0 Å². The summed E-state index contributed by atoms with van der Waals surface area (Å²) in [6.45, 7) is 0. The Bertz CT molecular complexity index is 2750. The van der Waals surface area contributed by atoms with E-state index in [9.17, 15) is 0 Å². The van der Waals surface area contributed by atoms with Gasteiger partial charge in [0.15, 0.2) is 0 Å². The smallest absolute Gasteiger partial charge is 0.0540 e. The molecule has 0 unspecified atom stereocenters. The molecule has 0 saturated heterocycles. The van der Waals surface area contributed by atoms with Crippen LogP contribution in [0.4, 0.5) is 28.4 Å². The third kappa shape index (κ3) is 5.68. The first-order chi connectivity index (χ1) is 26.8. The molecule has 0 aromatic heterocycles. The van der Waals surface area contributed by atoms with Gasteiger partial charge in [-0.1, -0.05) is 140 Å². The van der Waals surface area contributed by atoms with Crippen molar-refractivity contribution in [3.63, 3.8) is 0 Å². The molecule has 0 bridgehead atoms. The van der Waals surface area contributed by atoms with Gasteiger partial charge in [-0.05, 0) is 124 Å². The summed E-state index contributed by atoms with van der Waals surface area (Å²) in [5, 5.41) is 7.62. The number of rotatable bonds is 8. The van der Waals surface area contributed by atoms with E-state index in [1.165, 1.54) is 77.3 Å². The third-order valence-corrected chi connectivity index (χ3v) is 11.1. The molecule has 2 aliphatic rings. The zero-order chi connectivity index (χ0) is 35.8. The Morgan fingerprint density at radius 2 is 1.02 bits per heavy atom. The monoisotopic (exact) mass is 692 g/mol. The van der Waals surface area contributed by atoms with E-state index in [1.54, 1.807) is 0 Å². The van der Waals surface area contributed by atoms with Crippen molar-refractivity contribution in [2.45, 2.75) is 25.7 Å². The van der Waals surface area contributed by atoms with E-state index in [2.05, 4.69) is 204 Å². The van der Waals surface area contributed by atoms with Gasteiger partial charge in [-0.25, -0.2) is 0 Å². The molecule has 258 valence electrons. The molecule has 0 spiro atoms. The minimum Gasteiger partial charge on any atom is -0.314 e. The second-order valence-electron chi connectivity index (χ2n) is 14.3. The second-order valence-corrected chi connectivity index (χ2v) is 14.3. The lowest BCUT2D eigenvalue weighted by Crippen LogP contribution is -2.18. The van der Waals surface area contributed by atoms with Crippen molar-refractivity contribution in [2.24, 2.45) is 0 Å². The first kappa shape index (κ1) is 32.0. The Morgan fingerprint density at radius 1 is 0.444 bits per heavy atom. The molecule has 2 nitrogen and oxygen atoms in total. The zero-order valence-electron chi connectivity index (χ0n) is 30.2. The lowest BCUT2D eigenvalue weighted by Gasteiger charge is -2.32. The van der Waals surface area contributed by atoms with Gasteiger partial charge in [-0.3, -0.25) is 0 Å². The van der Waals surface area contributed by atoms with Crippen LogP contribution in [0.3, 0.4) is 0 Å². The fourth-order valence-corrected chi connectivity index (χ4v) is 8.58. The molecule has 0 saturated carbocycles. The van der Waals surface area contributed by atoms with Crippen LogP contribution >= 0.6 is 0 Å². The van der Waals surface area contributed by atoms with E-state index in [0.717, 1.165) is 37.1 Å². The number of para-hydroxylation sites is 2. The maximum Gasteiger partial charge on any atom is 0.0540 e. The molecular formula is C52H40N2. The van der Waals surface area contributed by atoms with Gasteiger partial charge in [0.1, 0.15) is 0 Å². The fourth-order valence-electron chi connectivity index (χ4n) is 8.58. The van der Waals surface area contributed by atoms with Crippen LogP contribution < -0.4 is 9.80 Å². The number of nitrogens with zero attached hydrogens (tertiary/aromatic N) is 2. The number of benzene rings is 8. The molecule has 0 N–H and O–H groups in total. The van der Waals surface area contributed by atoms with Gasteiger partial charge < -0.3 is 9.80 Å². The van der Waals surface area contributed by atoms with Crippen LogP contribution in [0.25, 0.3) is 43.5 Å². The maximum absolute atomic E-state index is 2.50. The van der Waals surface area contributed by atoms with Crippen LogP contribution in [-0.4, -0.2) is 0 Å². The molecule has 8 aromatic rings. The Labute approximate surface area is 317 Å². The van der Waals surface area contributed by atoms with Crippen molar-refractivity contribution in [2.75, 3.05) is 9.80 Å². The summed E-state index contributed by atoms with van der Waals surface area (Å²) in [7, 11) is 0. The van der Waals surface area contributed by atoms with E-state index in [1.807, 2.05) is 0 Å². The van der Waals surface area contributed by atoms with Crippen molar-refractivity contribution in [3.8, 4) is 0 Å².